The number of carbonyl (C=O) groups is 1. The zero-order chi connectivity index (χ0) is 23.0. The lowest BCUT2D eigenvalue weighted by Crippen LogP contribution is -2.52. The summed E-state index contributed by atoms with van der Waals surface area (Å²) in [6.45, 7) is 0.468. The lowest BCUT2D eigenvalue weighted by Gasteiger charge is -2.36. The summed E-state index contributed by atoms with van der Waals surface area (Å²) in [5, 5.41) is 23.9. The number of aliphatic hydroxyl groups excluding tert-OH is 1. The van der Waals surface area contributed by atoms with E-state index in [1.54, 1.807) is 42.3 Å². The average molecular weight is 453 g/mol. The van der Waals surface area contributed by atoms with Crippen LogP contribution >= 0.6 is 0 Å². The van der Waals surface area contributed by atoms with E-state index in [1.807, 2.05) is 24.4 Å². The van der Waals surface area contributed by atoms with Gasteiger partial charge in [0.25, 0.3) is 0 Å². The molecule has 2 aromatic heterocycles. The number of amides is 2. The normalized spacial score (nSPS) is 20.2. The van der Waals surface area contributed by atoms with E-state index in [-0.39, 0.29) is 24.8 Å². The number of anilines is 1. The molecule has 4 rings (SSSR count). The van der Waals surface area contributed by atoms with Crippen LogP contribution in [0.1, 0.15) is 19.3 Å². The molecule has 33 heavy (non-hydrogen) atoms. The Hall–Kier alpha value is -3.50. The molecule has 0 spiro atoms. The van der Waals surface area contributed by atoms with E-state index in [1.165, 1.54) is 0 Å². The number of hydrogen-bond donors (Lipinski definition) is 3. The lowest BCUT2D eigenvalue weighted by atomic mass is 9.97. The van der Waals surface area contributed by atoms with E-state index in [4.69, 9.17) is 9.47 Å². The van der Waals surface area contributed by atoms with Crippen LogP contribution in [-0.2, 0) is 11.3 Å². The van der Waals surface area contributed by atoms with Gasteiger partial charge in [-0.3, -0.25) is 9.67 Å². The largest absolute Gasteiger partial charge is 0.497 e. The molecule has 0 aliphatic carbocycles. The van der Waals surface area contributed by atoms with Gasteiger partial charge >= 0.3 is 6.03 Å². The van der Waals surface area contributed by atoms with Gasteiger partial charge in [0.05, 0.1) is 37.8 Å². The van der Waals surface area contributed by atoms with Crippen molar-refractivity contribution < 1.29 is 19.4 Å². The fourth-order valence-corrected chi connectivity index (χ4v) is 3.83. The number of aryl methyl sites for hydroxylation is 1. The van der Waals surface area contributed by atoms with Gasteiger partial charge in [0.15, 0.2) is 0 Å². The number of carbonyl (C=O) groups excluding carboxylic acids is 1. The minimum atomic E-state index is -0.467. The molecule has 0 saturated carbocycles. The Morgan fingerprint density at radius 2 is 2.06 bits per heavy atom. The maximum absolute atomic E-state index is 12.4. The Bertz CT molecular complexity index is 1030. The molecule has 1 aliphatic heterocycles. The van der Waals surface area contributed by atoms with Crippen LogP contribution in [0.25, 0.3) is 11.4 Å². The molecule has 10 heteroatoms. The summed E-state index contributed by atoms with van der Waals surface area (Å²) in [7, 11) is 1.59. The maximum atomic E-state index is 12.4. The van der Waals surface area contributed by atoms with E-state index < -0.39 is 6.10 Å². The highest BCUT2D eigenvalue weighted by Gasteiger charge is 2.31. The van der Waals surface area contributed by atoms with E-state index in [2.05, 4.69) is 25.9 Å². The first-order valence-electron chi connectivity index (χ1n) is 10.9. The maximum Gasteiger partial charge on any atom is 0.319 e. The minimum Gasteiger partial charge on any atom is -0.497 e. The second-order valence-corrected chi connectivity index (χ2v) is 7.86. The van der Waals surface area contributed by atoms with Gasteiger partial charge in [-0.2, -0.15) is 0 Å². The number of nitrogens with one attached hydrogen (secondary N) is 2. The van der Waals surface area contributed by atoms with Gasteiger partial charge in [0, 0.05) is 18.4 Å². The molecule has 1 saturated heterocycles. The van der Waals surface area contributed by atoms with Gasteiger partial charge in [-0.1, -0.05) is 11.3 Å². The third kappa shape index (κ3) is 6.05. The number of aromatic nitrogens is 4. The minimum absolute atomic E-state index is 0.0349. The SMILES string of the molecule is COc1ccc(NC(=O)N[C@@H]2CC[C@@H](CCn3cc(-c4ccccn4)nn3)O[C@@H]2CO)cc1. The highest BCUT2D eigenvalue weighted by Crippen LogP contribution is 2.23. The molecule has 0 radical (unpaired) electrons. The Kier molecular flexibility index (Phi) is 7.48. The van der Waals surface area contributed by atoms with Crippen LogP contribution < -0.4 is 15.4 Å². The number of ether oxygens (including phenoxy) is 2. The molecule has 0 bridgehead atoms. The number of urea groups is 1. The van der Waals surface area contributed by atoms with Crippen LogP contribution in [0.4, 0.5) is 10.5 Å². The summed E-state index contributed by atoms with van der Waals surface area (Å²) in [4.78, 5) is 16.7. The molecule has 1 aliphatic rings. The van der Waals surface area contributed by atoms with Gasteiger partial charge in [-0.05, 0) is 55.7 Å². The molecule has 2 amide bonds. The van der Waals surface area contributed by atoms with E-state index in [9.17, 15) is 9.90 Å². The number of benzene rings is 1. The van der Waals surface area contributed by atoms with Crippen molar-refractivity contribution >= 4 is 11.7 Å². The standard InChI is InChI=1S/C23H28N6O4/c1-32-17-7-5-16(6-8-17)25-23(31)26-20-10-9-18(33-22(20)15-30)11-13-29-14-21(27-28-29)19-4-2-3-12-24-19/h2-8,12,14,18,20,22,30H,9-11,13,15H2,1H3,(H2,25,26,31)/t18-,20+,22+/m0/s1. The number of nitrogens with zero attached hydrogens (tertiary/aromatic N) is 4. The van der Waals surface area contributed by atoms with E-state index in [0.29, 0.717) is 24.4 Å². The molecule has 1 aromatic carbocycles. The van der Waals surface area contributed by atoms with Crippen LogP contribution in [-0.4, -0.2) is 63.1 Å². The first kappa shape index (κ1) is 22.7. The number of methoxy groups -OCH3 is 1. The molecule has 3 N–H and O–H groups in total. The Morgan fingerprint density at radius 1 is 1.21 bits per heavy atom. The quantitative estimate of drug-likeness (QED) is 0.480. The monoisotopic (exact) mass is 452 g/mol. The first-order valence-corrected chi connectivity index (χ1v) is 10.9. The van der Waals surface area contributed by atoms with Crippen molar-refractivity contribution in [2.45, 2.75) is 44.1 Å². The third-order valence-corrected chi connectivity index (χ3v) is 5.61. The van der Waals surface area contributed by atoms with Crippen LogP contribution in [0.15, 0.2) is 54.9 Å². The van der Waals surface area contributed by atoms with Crippen molar-refractivity contribution in [2.24, 2.45) is 0 Å². The summed E-state index contributed by atoms with van der Waals surface area (Å²) in [5.41, 5.74) is 2.15. The first-order chi connectivity index (χ1) is 16.1. The summed E-state index contributed by atoms with van der Waals surface area (Å²) >= 11 is 0. The Labute approximate surface area is 191 Å². The summed E-state index contributed by atoms with van der Waals surface area (Å²) < 4.78 is 13.0. The number of aliphatic hydroxyl groups is 1. The van der Waals surface area contributed by atoms with Crippen molar-refractivity contribution in [3.63, 3.8) is 0 Å². The predicted molar refractivity (Wildman–Crippen MR) is 122 cm³/mol. The van der Waals surface area contributed by atoms with Crippen LogP contribution in [0, 0.1) is 0 Å². The second-order valence-electron chi connectivity index (χ2n) is 7.86. The Balaban J connectivity index is 1.25. The Morgan fingerprint density at radius 3 is 2.79 bits per heavy atom. The molecular weight excluding hydrogens is 424 g/mol. The molecule has 1 fully saturated rings. The highest BCUT2D eigenvalue weighted by molar-refractivity contribution is 5.89. The van der Waals surface area contributed by atoms with Crippen molar-refractivity contribution in [2.75, 3.05) is 19.0 Å². The van der Waals surface area contributed by atoms with Crippen molar-refractivity contribution in [3.8, 4) is 17.1 Å². The number of hydrogen-bond acceptors (Lipinski definition) is 7. The molecule has 0 unspecified atom stereocenters. The third-order valence-electron chi connectivity index (χ3n) is 5.61. The second kappa shape index (κ2) is 10.9. The summed E-state index contributed by atoms with van der Waals surface area (Å²) in [6, 6.07) is 12.1. The van der Waals surface area contributed by atoms with E-state index in [0.717, 1.165) is 24.2 Å². The zero-order valence-electron chi connectivity index (χ0n) is 18.4. The molecule has 3 atom stereocenters. The molecule has 3 heterocycles. The van der Waals surface area contributed by atoms with Gasteiger partial charge < -0.3 is 25.2 Å². The van der Waals surface area contributed by atoms with Gasteiger partial charge in [0.1, 0.15) is 17.5 Å². The van der Waals surface area contributed by atoms with Gasteiger partial charge in [0.2, 0.25) is 0 Å². The smallest absolute Gasteiger partial charge is 0.319 e. The van der Waals surface area contributed by atoms with Gasteiger partial charge in [-0.25, -0.2) is 4.79 Å². The topological polar surface area (TPSA) is 123 Å². The van der Waals surface area contributed by atoms with Crippen molar-refractivity contribution in [1.82, 2.24) is 25.3 Å². The summed E-state index contributed by atoms with van der Waals surface area (Å²) in [6.07, 6.45) is 5.29. The molecule has 10 nitrogen and oxygen atoms in total. The van der Waals surface area contributed by atoms with Crippen LogP contribution in [0.3, 0.4) is 0 Å². The van der Waals surface area contributed by atoms with Crippen molar-refractivity contribution in [3.05, 3.63) is 54.9 Å². The van der Waals surface area contributed by atoms with Crippen LogP contribution in [0.5, 0.6) is 5.75 Å². The number of rotatable bonds is 8. The number of pyridine rings is 1. The van der Waals surface area contributed by atoms with Gasteiger partial charge in [-0.15, -0.1) is 5.10 Å². The van der Waals surface area contributed by atoms with Crippen molar-refractivity contribution in [1.29, 1.82) is 0 Å². The predicted octanol–water partition coefficient (Wildman–Crippen LogP) is 2.47. The zero-order valence-corrected chi connectivity index (χ0v) is 18.4. The fraction of sp³-hybridized carbons (Fsp3) is 0.391. The van der Waals surface area contributed by atoms with E-state index >= 15 is 0 Å². The summed E-state index contributed by atoms with van der Waals surface area (Å²) in [5.74, 6) is 0.715. The molecule has 3 aromatic rings. The van der Waals surface area contributed by atoms with Crippen LogP contribution in [0.2, 0.25) is 0 Å². The lowest BCUT2D eigenvalue weighted by molar-refractivity contribution is -0.0905. The molecular formula is C23H28N6O4. The molecule has 174 valence electrons. The average Bonchev–Trinajstić information content (AvgIpc) is 3.33. The highest BCUT2D eigenvalue weighted by atomic mass is 16.5. The fourth-order valence-electron chi connectivity index (χ4n) is 3.83.